The molecule has 0 amide bonds. The van der Waals surface area contributed by atoms with Gasteiger partial charge in [0.05, 0.1) is 18.8 Å². The Morgan fingerprint density at radius 2 is 1.96 bits per heavy atom. The maximum atomic E-state index is 10.0. The van der Waals surface area contributed by atoms with Crippen molar-refractivity contribution in [2.45, 2.75) is 20.8 Å². The number of rotatable bonds is 7. The lowest BCUT2D eigenvalue weighted by atomic mass is 10.2. The lowest BCUT2D eigenvalue weighted by Gasteiger charge is -2.37. The molecule has 0 aromatic heterocycles. The number of anilines is 1. The zero-order chi connectivity index (χ0) is 18.1. The van der Waals surface area contributed by atoms with E-state index in [9.17, 15) is 5.11 Å². The van der Waals surface area contributed by atoms with Crippen molar-refractivity contribution in [3.63, 3.8) is 0 Å². The molecule has 1 fully saturated rings. The summed E-state index contributed by atoms with van der Waals surface area (Å²) in [6.45, 7) is 12.9. The van der Waals surface area contributed by atoms with Crippen LogP contribution in [0.5, 0.6) is 5.75 Å². The van der Waals surface area contributed by atoms with Gasteiger partial charge >= 0.3 is 0 Å². The van der Waals surface area contributed by atoms with Crippen molar-refractivity contribution in [3.8, 4) is 5.75 Å². The number of guanidine groups is 1. The van der Waals surface area contributed by atoms with E-state index in [0.29, 0.717) is 24.8 Å². The van der Waals surface area contributed by atoms with E-state index in [1.165, 1.54) is 0 Å². The summed E-state index contributed by atoms with van der Waals surface area (Å²) in [6, 6.07) is 7.53. The van der Waals surface area contributed by atoms with E-state index >= 15 is 0 Å². The highest BCUT2D eigenvalue weighted by Crippen LogP contribution is 2.27. The third kappa shape index (κ3) is 6.12. The van der Waals surface area contributed by atoms with Crippen molar-refractivity contribution in [2.24, 2.45) is 10.9 Å². The van der Waals surface area contributed by atoms with Crippen molar-refractivity contribution in [1.82, 2.24) is 10.2 Å². The first-order valence-electron chi connectivity index (χ1n) is 9.25. The van der Waals surface area contributed by atoms with Crippen molar-refractivity contribution in [2.75, 3.05) is 57.4 Å². The fraction of sp³-hybridized carbons (Fsp3) is 0.632. The maximum Gasteiger partial charge on any atom is 0.194 e. The molecule has 0 bridgehead atoms. The van der Waals surface area contributed by atoms with Crippen LogP contribution in [-0.2, 0) is 4.74 Å². The molecule has 6 heteroatoms. The SMILES string of the molecule is CCNC(=NCCOCC(C)C)N1CCN(c2ccccc2O)CC1. The number of aromatic hydroxyl groups is 1. The number of para-hydroxylation sites is 2. The summed E-state index contributed by atoms with van der Waals surface area (Å²) in [4.78, 5) is 9.19. The predicted molar refractivity (Wildman–Crippen MR) is 104 cm³/mol. The van der Waals surface area contributed by atoms with E-state index in [1.54, 1.807) is 6.07 Å². The highest BCUT2D eigenvalue weighted by atomic mass is 16.5. The molecular formula is C19H32N4O2. The summed E-state index contributed by atoms with van der Waals surface area (Å²) in [5.74, 6) is 1.85. The molecule has 2 N–H and O–H groups in total. The summed E-state index contributed by atoms with van der Waals surface area (Å²) in [6.07, 6.45) is 0. The number of aliphatic imine (C=N–C) groups is 1. The van der Waals surface area contributed by atoms with Crippen LogP contribution >= 0.6 is 0 Å². The third-order valence-corrected chi connectivity index (χ3v) is 4.08. The van der Waals surface area contributed by atoms with Gasteiger partial charge in [0, 0.05) is 39.3 Å². The summed E-state index contributed by atoms with van der Waals surface area (Å²) in [5.41, 5.74) is 0.908. The lowest BCUT2D eigenvalue weighted by Crippen LogP contribution is -2.52. The van der Waals surface area contributed by atoms with Crippen molar-refractivity contribution >= 4 is 11.6 Å². The highest BCUT2D eigenvalue weighted by molar-refractivity contribution is 5.80. The molecule has 1 saturated heterocycles. The summed E-state index contributed by atoms with van der Waals surface area (Å²) in [7, 11) is 0. The van der Waals surface area contributed by atoms with E-state index in [1.807, 2.05) is 18.2 Å². The molecular weight excluding hydrogens is 316 g/mol. The molecule has 0 atom stereocenters. The summed E-state index contributed by atoms with van der Waals surface area (Å²) in [5, 5.41) is 13.4. The first-order chi connectivity index (χ1) is 12.1. The monoisotopic (exact) mass is 348 g/mol. The second-order valence-electron chi connectivity index (χ2n) is 6.67. The Labute approximate surface area is 151 Å². The lowest BCUT2D eigenvalue weighted by molar-refractivity contribution is 0.116. The minimum absolute atomic E-state index is 0.346. The fourth-order valence-electron chi connectivity index (χ4n) is 2.85. The number of hydrogen-bond acceptors (Lipinski definition) is 4. The number of hydrogen-bond donors (Lipinski definition) is 2. The molecule has 25 heavy (non-hydrogen) atoms. The van der Waals surface area contributed by atoms with Crippen molar-refractivity contribution in [1.29, 1.82) is 0 Å². The Balaban J connectivity index is 1.86. The van der Waals surface area contributed by atoms with E-state index < -0.39 is 0 Å². The quantitative estimate of drug-likeness (QED) is 0.449. The molecule has 0 spiro atoms. The molecule has 1 aliphatic heterocycles. The Bertz CT molecular complexity index is 540. The van der Waals surface area contributed by atoms with Gasteiger partial charge < -0.3 is 25.0 Å². The summed E-state index contributed by atoms with van der Waals surface area (Å²) >= 11 is 0. The molecule has 0 aliphatic carbocycles. The largest absolute Gasteiger partial charge is 0.506 e. The van der Waals surface area contributed by atoms with Gasteiger partial charge in [0.25, 0.3) is 0 Å². The van der Waals surface area contributed by atoms with Gasteiger partial charge in [0.1, 0.15) is 5.75 Å². The first-order valence-corrected chi connectivity index (χ1v) is 9.25. The van der Waals surface area contributed by atoms with E-state index in [2.05, 4.69) is 40.9 Å². The standard InChI is InChI=1S/C19H32N4O2/c1-4-20-19(21-9-14-25-15-16(2)3)23-12-10-22(11-13-23)17-7-5-6-8-18(17)24/h5-8,16,24H,4,9-15H2,1-3H3,(H,20,21). The number of nitrogens with one attached hydrogen (secondary N) is 1. The number of benzene rings is 1. The molecule has 6 nitrogen and oxygen atoms in total. The molecule has 140 valence electrons. The molecule has 0 unspecified atom stereocenters. The van der Waals surface area contributed by atoms with Gasteiger partial charge in [0.15, 0.2) is 5.96 Å². The normalized spacial score (nSPS) is 15.8. The second kappa shape index (κ2) is 10.1. The molecule has 0 saturated carbocycles. The van der Waals surface area contributed by atoms with Crippen LogP contribution in [-0.4, -0.2) is 68.4 Å². The zero-order valence-corrected chi connectivity index (χ0v) is 15.7. The van der Waals surface area contributed by atoms with E-state index in [4.69, 9.17) is 4.74 Å². The van der Waals surface area contributed by atoms with Crippen LogP contribution in [0.15, 0.2) is 29.3 Å². The maximum absolute atomic E-state index is 10.0. The topological polar surface area (TPSA) is 60.3 Å². The van der Waals surface area contributed by atoms with Gasteiger partial charge in [-0.1, -0.05) is 26.0 Å². The molecule has 1 aliphatic rings. The van der Waals surface area contributed by atoms with Crippen molar-refractivity contribution in [3.05, 3.63) is 24.3 Å². The van der Waals surface area contributed by atoms with E-state index in [0.717, 1.165) is 51.0 Å². The van der Waals surface area contributed by atoms with Gasteiger partial charge in [0.2, 0.25) is 0 Å². The van der Waals surface area contributed by atoms with Crippen LogP contribution in [0.2, 0.25) is 0 Å². The summed E-state index contributed by atoms with van der Waals surface area (Å²) < 4.78 is 5.61. The number of phenolic OH excluding ortho intramolecular Hbond substituents is 1. The molecule has 1 heterocycles. The average molecular weight is 348 g/mol. The second-order valence-corrected chi connectivity index (χ2v) is 6.67. The minimum Gasteiger partial charge on any atom is -0.506 e. The fourth-order valence-corrected chi connectivity index (χ4v) is 2.85. The van der Waals surface area contributed by atoms with Gasteiger partial charge in [-0.2, -0.15) is 0 Å². The van der Waals surface area contributed by atoms with E-state index in [-0.39, 0.29) is 0 Å². The molecule has 2 rings (SSSR count). The Kier molecular flexibility index (Phi) is 7.85. The van der Waals surface area contributed by atoms with Crippen LogP contribution in [0.3, 0.4) is 0 Å². The van der Waals surface area contributed by atoms with Gasteiger partial charge in [-0.05, 0) is 25.0 Å². The highest BCUT2D eigenvalue weighted by Gasteiger charge is 2.21. The Morgan fingerprint density at radius 3 is 2.60 bits per heavy atom. The van der Waals surface area contributed by atoms with Crippen LogP contribution in [0, 0.1) is 5.92 Å². The van der Waals surface area contributed by atoms with Crippen molar-refractivity contribution < 1.29 is 9.84 Å². The number of nitrogens with zero attached hydrogens (tertiary/aromatic N) is 3. The van der Waals surface area contributed by atoms with Crippen LogP contribution in [0.1, 0.15) is 20.8 Å². The molecule has 0 radical (unpaired) electrons. The predicted octanol–water partition coefficient (Wildman–Crippen LogP) is 2.15. The van der Waals surface area contributed by atoms with Crippen LogP contribution in [0.25, 0.3) is 0 Å². The Hall–Kier alpha value is -1.95. The van der Waals surface area contributed by atoms with Gasteiger partial charge in [-0.15, -0.1) is 0 Å². The third-order valence-electron chi connectivity index (χ3n) is 4.08. The number of ether oxygens (including phenoxy) is 1. The first kappa shape index (κ1) is 19.4. The van der Waals surface area contributed by atoms with Crippen LogP contribution < -0.4 is 10.2 Å². The zero-order valence-electron chi connectivity index (χ0n) is 15.7. The number of piperazine rings is 1. The van der Waals surface area contributed by atoms with Gasteiger partial charge in [-0.25, -0.2) is 0 Å². The Morgan fingerprint density at radius 1 is 1.24 bits per heavy atom. The van der Waals surface area contributed by atoms with Gasteiger partial charge in [-0.3, -0.25) is 4.99 Å². The molecule has 1 aromatic carbocycles. The number of phenols is 1. The molecule has 1 aromatic rings. The smallest absolute Gasteiger partial charge is 0.194 e. The minimum atomic E-state index is 0.346. The van der Waals surface area contributed by atoms with Crippen LogP contribution in [0.4, 0.5) is 5.69 Å². The average Bonchev–Trinajstić information content (AvgIpc) is 2.61.